The van der Waals surface area contributed by atoms with E-state index >= 15 is 0 Å². The summed E-state index contributed by atoms with van der Waals surface area (Å²) in [5, 5.41) is -0.382. The van der Waals surface area contributed by atoms with Crippen LogP contribution in [0.5, 0.6) is 0 Å². The van der Waals surface area contributed by atoms with Crippen LogP contribution < -0.4 is 0 Å². The number of halogens is 1. The molecule has 1 aromatic rings. The first-order chi connectivity index (χ1) is 9.20. The van der Waals surface area contributed by atoms with Crippen LogP contribution in [0.1, 0.15) is 54.4 Å². The summed E-state index contributed by atoms with van der Waals surface area (Å²) in [5.74, 6) is 1.34. The Morgan fingerprint density at radius 2 is 1.84 bits per heavy atom. The number of rotatable bonds is 5. The molecule has 0 radical (unpaired) electrons. The van der Waals surface area contributed by atoms with Crippen molar-refractivity contribution in [2.75, 3.05) is 13.2 Å². The van der Waals surface area contributed by atoms with E-state index in [2.05, 4.69) is 0 Å². The van der Waals surface area contributed by atoms with Gasteiger partial charge in [0.15, 0.2) is 0 Å². The molecule has 0 bridgehead atoms. The highest BCUT2D eigenvalue weighted by Crippen LogP contribution is 2.35. The van der Waals surface area contributed by atoms with Crippen LogP contribution in [0.4, 0.5) is 0 Å². The van der Waals surface area contributed by atoms with Gasteiger partial charge in [-0.25, -0.2) is 0 Å². The monoisotopic (exact) mass is 280 g/mol. The van der Waals surface area contributed by atoms with Gasteiger partial charge in [0, 0.05) is 18.8 Å². The summed E-state index contributed by atoms with van der Waals surface area (Å²) in [6.45, 7) is 3.77. The molecule has 0 spiro atoms. The van der Waals surface area contributed by atoms with Crippen molar-refractivity contribution in [3.8, 4) is 0 Å². The van der Waals surface area contributed by atoms with E-state index < -0.39 is 0 Å². The van der Waals surface area contributed by atoms with Crippen LogP contribution in [0.25, 0.3) is 0 Å². The van der Waals surface area contributed by atoms with Crippen molar-refractivity contribution >= 4 is 16.8 Å². The molecule has 0 N–H and O–H groups in total. The minimum atomic E-state index is -0.382. The molecule has 0 unspecified atom stereocenters. The van der Waals surface area contributed by atoms with Crippen LogP contribution in [0.3, 0.4) is 0 Å². The summed E-state index contributed by atoms with van der Waals surface area (Å²) < 4.78 is 5.50. The Bertz CT molecular complexity index is 405. The maximum Gasteiger partial charge on any atom is 0.252 e. The summed E-state index contributed by atoms with van der Waals surface area (Å²) in [5.41, 5.74) is 1.91. The third-order valence-electron chi connectivity index (χ3n) is 4.01. The number of benzene rings is 1. The largest absolute Gasteiger partial charge is 0.381 e. The van der Waals surface area contributed by atoms with Crippen molar-refractivity contribution in [3.63, 3.8) is 0 Å². The van der Waals surface area contributed by atoms with Crippen LogP contribution in [0.15, 0.2) is 24.3 Å². The minimum Gasteiger partial charge on any atom is -0.381 e. The van der Waals surface area contributed by atoms with E-state index in [1.807, 2.05) is 31.2 Å². The highest BCUT2D eigenvalue weighted by Gasteiger charge is 2.22. The molecule has 0 heterocycles. The van der Waals surface area contributed by atoms with Gasteiger partial charge in [0.1, 0.15) is 0 Å². The van der Waals surface area contributed by atoms with E-state index in [4.69, 9.17) is 16.3 Å². The van der Waals surface area contributed by atoms with Gasteiger partial charge in [0.25, 0.3) is 5.24 Å². The summed E-state index contributed by atoms with van der Waals surface area (Å²) in [6.07, 6.45) is 4.90. The molecule has 3 heteroatoms. The average molecular weight is 281 g/mol. The first kappa shape index (κ1) is 14.5. The van der Waals surface area contributed by atoms with Crippen LogP contribution in [0, 0.1) is 5.92 Å². The molecule has 2 nitrogen and oxygen atoms in total. The van der Waals surface area contributed by atoms with Gasteiger partial charge in [-0.15, -0.1) is 0 Å². The molecule has 19 heavy (non-hydrogen) atoms. The van der Waals surface area contributed by atoms with Gasteiger partial charge < -0.3 is 4.74 Å². The lowest BCUT2D eigenvalue weighted by Gasteiger charge is -2.28. The van der Waals surface area contributed by atoms with Gasteiger partial charge in [-0.2, -0.15) is 0 Å². The van der Waals surface area contributed by atoms with Gasteiger partial charge >= 0.3 is 0 Å². The first-order valence-electron chi connectivity index (χ1n) is 7.08. The first-order valence-corrected chi connectivity index (χ1v) is 7.46. The molecular formula is C16H21ClO2. The Kier molecular flexibility index (Phi) is 5.41. The maximum absolute atomic E-state index is 11.0. The number of hydrogen-bond donors (Lipinski definition) is 0. The Balaban J connectivity index is 1.88. The summed E-state index contributed by atoms with van der Waals surface area (Å²) >= 11 is 5.46. The molecule has 1 aliphatic carbocycles. The lowest BCUT2D eigenvalue weighted by Crippen LogP contribution is -2.17. The van der Waals surface area contributed by atoms with Crippen LogP contribution in [-0.2, 0) is 4.74 Å². The Morgan fingerprint density at radius 3 is 2.37 bits per heavy atom. The quantitative estimate of drug-likeness (QED) is 0.749. The minimum absolute atomic E-state index is 0.382. The molecular weight excluding hydrogens is 260 g/mol. The fourth-order valence-electron chi connectivity index (χ4n) is 2.83. The van der Waals surface area contributed by atoms with E-state index in [1.165, 1.54) is 31.2 Å². The summed E-state index contributed by atoms with van der Waals surface area (Å²) in [4.78, 5) is 11.0. The maximum atomic E-state index is 11.0. The molecule has 1 saturated carbocycles. The summed E-state index contributed by atoms with van der Waals surface area (Å²) in [7, 11) is 0. The Morgan fingerprint density at radius 1 is 1.21 bits per heavy atom. The van der Waals surface area contributed by atoms with Crippen molar-refractivity contribution in [3.05, 3.63) is 35.4 Å². The number of hydrogen-bond acceptors (Lipinski definition) is 2. The van der Waals surface area contributed by atoms with E-state index in [0.29, 0.717) is 11.5 Å². The zero-order valence-electron chi connectivity index (χ0n) is 11.4. The van der Waals surface area contributed by atoms with Gasteiger partial charge in [0.2, 0.25) is 0 Å². The fraction of sp³-hybridized carbons (Fsp3) is 0.562. The van der Waals surface area contributed by atoms with E-state index in [0.717, 1.165) is 19.1 Å². The number of carbonyl (C=O) groups excluding carboxylic acids is 1. The molecule has 2 rings (SSSR count). The predicted molar refractivity (Wildman–Crippen MR) is 77.8 cm³/mol. The molecule has 0 amide bonds. The zero-order chi connectivity index (χ0) is 13.7. The normalized spacial score (nSPS) is 23.3. The average Bonchev–Trinajstić information content (AvgIpc) is 2.46. The summed E-state index contributed by atoms with van der Waals surface area (Å²) in [6, 6.07) is 7.75. The second-order valence-corrected chi connectivity index (χ2v) is 5.62. The third kappa shape index (κ3) is 4.05. The van der Waals surface area contributed by atoms with Crippen molar-refractivity contribution in [1.82, 2.24) is 0 Å². The van der Waals surface area contributed by atoms with E-state index in [9.17, 15) is 4.79 Å². The standard InChI is InChI=1S/C16H21ClO2/c1-2-19-11-12-3-5-13(6-4-12)14-7-9-15(10-8-14)16(17)18/h7-10,12-13H,2-6,11H2,1H3/t12-,13-. The molecule has 0 aliphatic heterocycles. The van der Waals surface area contributed by atoms with Crippen molar-refractivity contribution in [2.45, 2.75) is 38.5 Å². The molecule has 104 valence electrons. The van der Waals surface area contributed by atoms with E-state index in [-0.39, 0.29) is 5.24 Å². The number of carbonyl (C=O) groups is 1. The molecule has 1 aliphatic rings. The van der Waals surface area contributed by atoms with E-state index in [1.54, 1.807) is 0 Å². The SMILES string of the molecule is CCOC[C@H]1CC[C@H](c2ccc(C(=O)Cl)cc2)CC1. The molecule has 0 aromatic heterocycles. The second-order valence-electron chi connectivity index (χ2n) is 5.27. The van der Waals surface area contributed by atoms with Crippen molar-refractivity contribution < 1.29 is 9.53 Å². The number of ether oxygens (including phenoxy) is 1. The highest BCUT2D eigenvalue weighted by molar-refractivity contribution is 6.67. The predicted octanol–water partition coefficient (Wildman–Crippen LogP) is 4.38. The van der Waals surface area contributed by atoms with Gasteiger partial charge in [-0.1, -0.05) is 12.1 Å². The lowest BCUT2D eigenvalue weighted by atomic mass is 9.79. The molecule has 0 saturated heterocycles. The van der Waals surface area contributed by atoms with Crippen molar-refractivity contribution in [1.29, 1.82) is 0 Å². The molecule has 1 aromatic carbocycles. The van der Waals surface area contributed by atoms with Crippen LogP contribution in [-0.4, -0.2) is 18.5 Å². The van der Waals surface area contributed by atoms with Crippen molar-refractivity contribution in [2.24, 2.45) is 5.92 Å². The topological polar surface area (TPSA) is 26.3 Å². The molecule has 0 atom stereocenters. The Hall–Kier alpha value is -0.860. The third-order valence-corrected chi connectivity index (χ3v) is 4.23. The highest BCUT2D eigenvalue weighted by atomic mass is 35.5. The fourth-order valence-corrected chi connectivity index (χ4v) is 2.96. The van der Waals surface area contributed by atoms with Gasteiger partial charge in [-0.05, 0) is 73.7 Å². The Labute approximate surface area is 120 Å². The smallest absolute Gasteiger partial charge is 0.252 e. The molecule has 1 fully saturated rings. The second kappa shape index (κ2) is 7.06. The van der Waals surface area contributed by atoms with Gasteiger partial charge in [0.05, 0.1) is 0 Å². The van der Waals surface area contributed by atoms with Crippen LogP contribution in [0.2, 0.25) is 0 Å². The van der Waals surface area contributed by atoms with Crippen LogP contribution >= 0.6 is 11.6 Å². The lowest BCUT2D eigenvalue weighted by molar-refractivity contribution is 0.0920. The van der Waals surface area contributed by atoms with Gasteiger partial charge in [-0.3, -0.25) is 4.79 Å². The zero-order valence-corrected chi connectivity index (χ0v) is 12.2.